The normalized spacial score (nSPS) is 10.6. The molecule has 0 fully saturated rings. The zero-order valence-corrected chi connectivity index (χ0v) is 16.9. The van der Waals surface area contributed by atoms with Crippen molar-refractivity contribution in [3.63, 3.8) is 0 Å². The summed E-state index contributed by atoms with van der Waals surface area (Å²) in [6.07, 6.45) is 0. The Hall–Kier alpha value is -3.72. The smallest absolute Gasteiger partial charge is 0.343 e. The summed E-state index contributed by atoms with van der Waals surface area (Å²) in [6.45, 7) is 3.78. The van der Waals surface area contributed by atoms with Gasteiger partial charge >= 0.3 is 5.97 Å². The molecular weight excluding hydrogens is 375 g/mol. The van der Waals surface area contributed by atoms with Crippen molar-refractivity contribution < 1.29 is 13.9 Å². The average molecular weight is 396 g/mol. The molecule has 4 aromatic rings. The van der Waals surface area contributed by atoms with E-state index in [1.54, 1.807) is 37.3 Å². The van der Waals surface area contributed by atoms with Crippen LogP contribution in [-0.2, 0) is 0 Å². The van der Waals surface area contributed by atoms with Gasteiger partial charge in [0.1, 0.15) is 11.6 Å². The Bertz CT molecular complexity index is 1180. The van der Waals surface area contributed by atoms with Crippen molar-refractivity contribution in [1.82, 2.24) is 0 Å². The molecule has 3 heteroatoms. The monoisotopic (exact) mass is 396 g/mol. The predicted octanol–water partition coefficient (Wildman–Crippen LogP) is 7.00. The van der Waals surface area contributed by atoms with Crippen molar-refractivity contribution in [2.45, 2.75) is 13.8 Å². The van der Waals surface area contributed by atoms with Gasteiger partial charge in [0.2, 0.25) is 0 Å². The highest BCUT2D eigenvalue weighted by molar-refractivity contribution is 5.91. The maximum absolute atomic E-state index is 13.8. The van der Waals surface area contributed by atoms with E-state index in [0.717, 1.165) is 22.3 Å². The van der Waals surface area contributed by atoms with Crippen LogP contribution in [0.3, 0.4) is 0 Å². The maximum Gasteiger partial charge on any atom is 0.343 e. The number of rotatable bonds is 4. The number of aryl methyl sites for hydroxylation is 2. The molecule has 0 amide bonds. The van der Waals surface area contributed by atoms with E-state index in [1.807, 2.05) is 30.3 Å². The average Bonchev–Trinajstić information content (AvgIpc) is 2.77. The fourth-order valence-electron chi connectivity index (χ4n) is 3.20. The van der Waals surface area contributed by atoms with Gasteiger partial charge in [-0.2, -0.15) is 0 Å². The fourth-order valence-corrected chi connectivity index (χ4v) is 3.20. The quantitative estimate of drug-likeness (QED) is 0.274. The molecule has 0 N–H and O–H groups in total. The lowest BCUT2D eigenvalue weighted by molar-refractivity contribution is 0.0735. The number of ether oxygens (including phenoxy) is 1. The van der Waals surface area contributed by atoms with E-state index in [1.165, 1.54) is 11.6 Å². The van der Waals surface area contributed by atoms with E-state index in [4.69, 9.17) is 4.74 Å². The first-order valence-corrected chi connectivity index (χ1v) is 9.75. The Balaban J connectivity index is 1.45. The summed E-state index contributed by atoms with van der Waals surface area (Å²) < 4.78 is 19.3. The highest BCUT2D eigenvalue weighted by Crippen LogP contribution is 2.25. The third kappa shape index (κ3) is 4.31. The summed E-state index contributed by atoms with van der Waals surface area (Å²) in [6, 6.07) is 27.8. The molecule has 0 aliphatic heterocycles. The van der Waals surface area contributed by atoms with Gasteiger partial charge in [0.05, 0.1) is 5.56 Å². The van der Waals surface area contributed by atoms with Gasteiger partial charge in [-0.25, -0.2) is 9.18 Å². The van der Waals surface area contributed by atoms with Crippen molar-refractivity contribution in [3.8, 4) is 28.0 Å². The third-order valence-corrected chi connectivity index (χ3v) is 5.08. The lowest BCUT2D eigenvalue weighted by Gasteiger charge is -2.08. The Morgan fingerprint density at radius 2 is 1.17 bits per heavy atom. The second-order valence-corrected chi connectivity index (χ2v) is 7.32. The van der Waals surface area contributed by atoms with Crippen molar-refractivity contribution in [2.75, 3.05) is 0 Å². The molecule has 0 saturated heterocycles. The summed E-state index contributed by atoms with van der Waals surface area (Å²) >= 11 is 0. The van der Waals surface area contributed by atoms with E-state index >= 15 is 0 Å². The molecule has 4 aromatic carbocycles. The zero-order chi connectivity index (χ0) is 21.1. The molecule has 0 bridgehead atoms. The number of hydrogen-bond donors (Lipinski definition) is 0. The SMILES string of the molecule is Cc1ccc(-c2ccc(C(=O)Oc3ccc(-c4ccc(C)c(F)c4)cc3)cc2)cc1. The minimum Gasteiger partial charge on any atom is -0.423 e. The van der Waals surface area contributed by atoms with Gasteiger partial charge in [-0.15, -0.1) is 0 Å². The molecular formula is C27H21FO2. The molecule has 0 radical (unpaired) electrons. The van der Waals surface area contributed by atoms with E-state index in [-0.39, 0.29) is 5.82 Å². The van der Waals surface area contributed by atoms with Crippen molar-refractivity contribution in [3.05, 3.63) is 114 Å². The molecule has 0 aliphatic carbocycles. The Kier molecular flexibility index (Phi) is 5.44. The highest BCUT2D eigenvalue weighted by Gasteiger charge is 2.10. The van der Waals surface area contributed by atoms with Crippen LogP contribution in [-0.4, -0.2) is 5.97 Å². The number of benzene rings is 4. The molecule has 2 nitrogen and oxygen atoms in total. The largest absolute Gasteiger partial charge is 0.423 e. The molecule has 0 aromatic heterocycles. The van der Waals surface area contributed by atoms with Gasteiger partial charge < -0.3 is 4.74 Å². The van der Waals surface area contributed by atoms with Crippen LogP contribution in [0.15, 0.2) is 91.0 Å². The van der Waals surface area contributed by atoms with Crippen LogP contribution in [0, 0.1) is 19.7 Å². The van der Waals surface area contributed by atoms with Gasteiger partial charge in [0, 0.05) is 0 Å². The van der Waals surface area contributed by atoms with Crippen LogP contribution in [0.25, 0.3) is 22.3 Å². The molecule has 0 atom stereocenters. The minimum atomic E-state index is -0.417. The zero-order valence-electron chi connectivity index (χ0n) is 16.9. The molecule has 0 spiro atoms. The summed E-state index contributed by atoms with van der Waals surface area (Å²) in [5.74, 6) is -0.212. The molecule has 0 saturated carbocycles. The molecule has 0 unspecified atom stereocenters. The first kappa shape index (κ1) is 19.6. The van der Waals surface area contributed by atoms with Gasteiger partial charge in [-0.1, -0.05) is 66.2 Å². The molecule has 0 aliphatic rings. The standard InChI is InChI=1S/C27H21FO2/c1-18-3-6-20(7-4-18)21-9-11-23(12-10-21)27(29)30-25-15-13-22(14-16-25)24-8-5-19(2)26(28)17-24/h3-17H,1-2H3. The van der Waals surface area contributed by atoms with Crippen LogP contribution in [0.4, 0.5) is 4.39 Å². The van der Waals surface area contributed by atoms with Crippen LogP contribution in [0.5, 0.6) is 5.75 Å². The van der Waals surface area contributed by atoms with Gasteiger partial charge in [0.15, 0.2) is 0 Å². The van der Waals surface area contributed by atoms with E-state index in [0.29, 0.717) is 16.9 Å². The number of halogens is 1. The first-order chi connectivity index (χ1) is 14.5. The fraction of sp³-hybridized carbons (Fsp3) is 0.0741. The van der Waals surface area contributed by atoms with E-state index < -0.39 is 5.97 Å². The topological polar surface area (TPSA) is 26.3 Å². The van der Waals surface area contributed by atoms with Crippen LogP contribution >= 0.6 is 0 Å². The summed E-state index contributed by atoms with van der Waals surface area (Å²) in [4.78, 5) is 12.5. The number of hydrogen-bond acceptors (Lipinski definition) is 2. The van der Waals surface area contributed by atoms with Gasteiger partial charge in [-0.05, 0) is 72.0 Å². The Morgan fingerprint density at radius 1 is 0.667 bits per heavy atom. The van der Waals surface area contributed by atoms with Crippen LogP contribution < -0.4 is 4.74 Å². The second kappa shape index (κ2) is 8.34. The molecule has 4 rings (SSSR count). The highest BCUT2D eigenvalue weighted by atomic mass is 19.1. The maximum atomic E-state index is 13.8. The first-order valence-electron chi connectivity index (χ1n) is 9.75. The molecule has 0 heterocycles. The molecule has 148 valence electrons. The third-order valence-electron chi connectivity index (χ3n) is 5.08. The van der Waals surface area contributed by atoms with Gasteiger partial charge in [0.25, 0.3) is 0 Å². The van der Waals surface area contributed by atoms with E-state index in [9.17, 15) is 9.18 Å². The van der Waals surface area contributed by atoms with E-state index in [2.05, 4.69) is 31.2 Å². The van der Waals surface area contributed by atoms with Gasteiger partial charge in [-0.3, -0.25) is 0 Å². The van der Waals surface area contributed by atoms with Crippen LogP contribution in [0.2, 0.25) is 0 Å². The van der Waals surface area contributed by atoms with Crippen molar-refractivity contribution in [1.29, 1.82) is 0 Å². The predicted molar refractivity (Wildman–Crippen MR) is 118 cm³/mol. The Labute approximate surface area is 175 Å². The Morgan fingerprint density at radius 3 is 1.77 bits per heavy atom. The van der Waals surface area contributed by atoms with Crippen molar-refractivity contribution >= 4 is 5.97 Å². The van der Waals surface area contributed by atoms with Crippen LogP contribution in [0.1, 0.15) is 21.5 Å². The minimum absolute atomic E-state index is 0.239. The number of esters is 1. The van der Waals surface area contributed by atoms with Crippen molar-refractivity contribution in [2.24, 2.45) is 0 Å². The summed E-state index contributed by atoms with van der Waals surface area (Å²) in [5, 5.41) is 0. The summed E-state index contributed by atoms with van der Waals surface area (Å²) in [5.41, 5.74) is 6.08. The lowest BCUT2D eigenvalue weighted by Crippen LogP contribution is -2.08. The lowest BCUT2D eigenvalue weighted by atomic mass is 10.0. The molecule has 30 heavy (non-hydrogen) atoms. The summed E-state index contributed by atoms with van der Waals surface area (Å²) in [7, 11) is 0. The second-order valence-electron chi connectivity index (χ2n) is 7.32. The number of carbonyl (C=O) groups excluding carboxylic acids is 1. The number of carbonyl (C=O) groups is 1.